The monoisotopic (exact) mass is 403 g/mol. The number of aryl methyl sites for hydroxylation is 1. The van der Waals surface area contributed by atoms with Crippen LogP contribution in [0.15, 0.2) is 36.4 Å². The zero-order valence-corrected chi connectivity index (χ0v) is 17.2. The molecule has 1 amide bonds. The first-order valence-corrected chi connectivity index (χ1v) is 9.09. The van der Waals surface area contributed by atoms with Gasteiger partial charge in [0.2, 0.25) is 0 Å². The van der Waals surface area contributed by atoms with Crippen molar-refractivity contribution >= 4 is 23.2 Å². The third-order valence-electron chi connectivity index (χ3n) is 4.11. The number of thiocarbonyl (C=S) groups is 1. The zero-order chi connectivity index (χ0) is 20.5. The Labute approximate surface area is 170 Å². The number of benzene rings is 2. The summed E-state index contributed by atoms with van der Waals surface area (Å²) in [6, 6.07) is 11.0. The van der Waals surface area contributed by atoms with E-state index in [0.717, 1.165) is 17.5 Å². The minimum absolute atomic E-state index is 0.303. The van der Waals surface area contributed by atoms with E-state index in [1.165, 1.54) is 0 Å². The van der Waals surface area contributed by atoms with Gasteiger partial charge in [-0.05, 0) is 61.0 Å². The third kappa shape index (κ3) is 5.75. The van der Waals surface area contributed by atoms with Crippen molar-refractivity contribution in [2.75, 3.05) is 27.9 Å². The average molecular weight is 404 g/mol. The highest BCUT2D eigenvalue weighted by atomic mass is 32.1. The minimum atomic E-state index is -0.303. The summed E-state index contributed by atoms with van der Waals surface area (Å²) in [5, 5.41) is 3.37. The van der Waals surface area contributed by atoms with Crippen molar-refractivity contribution in [3.63, 3.8) is 0 Å². The smallest absolute Gasteiger partial charge is 0.269 e. The summed E-state index contributed by atoms with van der Waals surface area (Å²) in [4.78, 5) is 12.2. The van der Waals surface area contributed by atoms with Crippen molar-refractivity contribution in [3.05, 3.63) is 53.1 Å². The molecule has 2 aromatic rings. The molecule has 0 radical (unpaired) electrons. The number of methoxy groups -OCH3 is 3. The van der Waals surface area contributed by atoms with Gasteiger partial charge in [0.05, 0.1) is 21.3 Å². The number of nitrogens with one attached hydrogen (secondary N) is 3. The molecule has 0 atom stereocenters. The van der Waals surface area contributed by atoms with Crippen molar-refractivity contribution in [1.82, 2.24) is 16.2 Å². The number of hydrogen-bond acceptors (Lipinski definition) is 5. The van der Waals surface area contributed by atoms with E-state index < -0.39 is 0 Å². The Balaban J connectivity index is 1.79. The van der Waals surface area contributed by atoms with Gasteiger partial charge in [0.15, 0.2) is 16.6 Å². The SMILES string of the molecule is COc1cc(C(=O)NNC(=S)NCCc2ccc(OC)c(OC)c2)ccc1C. The van der Waals surface area contributed by atoms with Crippen molar-refractivity contribution in [1.29, 1.82) is 0 Å². The topological polar surface area (TPSA) is 80.9 Å². The Morgan fingerprint density at radius 1 is 0.929 bits per heavy atom. The van der Waals surface area contributed by atoms with Crippen molar-refractivity contribution < 1.29 is 19.0 Å². The Hall–Kier alpha value is -3.00. The number of carbonyl (C=O) groups is 1. The molecule has 7 nitrogen and oxygen atoms in total. The summed E-state index contributed by atoms with van der Waals surface area (Å²) < 4.78 is 15.8. The predicted octanol–water partition coefficient (Wildman–Crippen LogP) is 2.37. The first kappa shape index (κ1) is 21.3. The number of carbonyl (C=O) groups excluding carboxylic acids is 1. The van der Waals surface area contributed by atoms with Crippen LogP contribution in [0.25, 0.3) is 0 Å². The van der Waals surface area contributed by atoms with E-state index in [9.17, 15) is 4.79 Å². The Morgan fingerprint density at radius 3 is 2.32 bits per heavy atom. The molecule has 0 bridgehead atoms. The first-order valence-electron chi connectivity index (χ1n) is 8.68. The Kier molecular flexibility index (Phi) is 7.88. The molecular formula is C20H25N3O4S. The van der Waals surface area contributed by atoms with Crippen molar-refractivity contribution in [3.8, 4) is 17.2 Å². The van der Waals surface area contributed by atoms with E-state index in [4.69, 9.17) is 26.4 Å². The lowest BCUT2D eigenvalue weighted by Crippen LogP contribution is -2.47. The number of hydrogen-bond donors (Lipinski definition) is 3. The van der Waals surface area contributed by atoms with Gasteiger partial charge in [-0.2, -0.15) is 0 Å². The Bertz CT molecular complexity index is 842. The van der Waals surface area contributed by atoms with Crippen LogP contribution in [-0.2, 0) is 6.42 Å². The van der Waals surface area contributed by atoms with Crippen LogP contribution in [0.5, 0.6) is 17.2 Å². The number of rotatable bonds is 7. The lowest BCUT2D eigenvalue weighted by Gasteiger charge is -2.13. The highest BCUT2D eigenvalue weighted by Crippen LogP contribution is 2.27. The molecule has 0 aromatic heterocycles. The van der Waals surface area contributed by atoms with E-state index in [2.05, 4.69) is 16.2 Å². The molecule has 0 saturated heterocycles. The van der Waals surface area contributed by atoms with Gasteiger partial charge in [-0.15, -0.1) is 0 Å². The molecule has 0 spiro atoms. The van der Waals surface area contributed by atoms with Gasteiger partial charge in [-0.1, -0.05) is 12.1 Å². The molecule has 8 heteroatoms. The molecule has 2 rings (SSSR count). The molecule has 0 unspecified atom stereocenters. The average Bonchev–Trinajstić information content (AvgIpc) is 2.72. The molecule has 2 aromatic carbocycles. The predicted molar refractivity (Wildman–Crippen MR) is 112 cm³/mol. The summed E-state index contributed by atoms with van der Waals surface area (Å²) in [5.74, 6) is 1.72. The maximum atomic E-state index is 12.2. The molecule has 0 saturated carbocycles. The van der Waals surface area contributed by atoms with E-state index in [1.54, 1.807) is 33.5 Å². The number of ether oxygens (including phenoxy) is 3. The van der Waals surface area contributed by atoms with Crippen molar-refractivity contribution in [2.24, 2.45) is 0 Å². The molecule has 150 valence electrons. The normalized spacial score (nSPS) is 10.0. The van der Waals surface area contributed by atoms with E-state index in [0.29, 0.717) is 34.5 Å². The van der Waals surface area contributed by atoms with Crippen LogP contribution < -0.4 is 30.4 Å². The van der Waals surface area contributed by atoms with Gasteiger partial charge >= 0.3 is 0 Å². The molecule has 0 heterocycles. The van der Waals surface area contributed by atoms with Gasteiger partial charge in [-0.25, -0.2) is 0 Å². The lowest BCUT2D eigenvalue weighted by molar-refractivity contribution is 0.0943. The molecule has 0 aliphatic heterocycles. The summed E-state index contributed by atoms with van der Waals surface area (Å²) in [6.45, 7) is 2.51. The van der Waals surface area contributed by atoms with Crippen LogP contribution in [0.3, 0.4) is 0 Å². The molecule has 3 N–H and O–H groups in total. The second-order valence-corrected chi connectivity index (χ2v) is 6.37. The van der Waals surface area contributed by atoms with Gasteiger partial charge in [-0.3, -0.25) is 15.6 Å². The zero-order valence-electron chi connectivity index (χ0n) is 16.4. The minimum Gasteiger partial charge on any atom is -0.496 e. The van der Waals surface area contributed by atoms with Crippen LogP contribution in [0.2, 0.25) is 0 Å². The summed E-state index contributed by atoms with van der Waals surface area (Å²) in [7, 11) is 4.77. The van der Waals surface area contributed by atoms with Crippen LogP contribution >= 0.6 is 12.2 Å². The van der Waals surface area contributed by atoms with Crippen LogP contribution in [0.1, 0.15) is 21.5 Å². The largest absolute Gasteiger partial charge is 0.496 e. The maximum Gasteiger partial charge on any atom is 0.269 e. The van der Waals surface area contributed by atoms with Crippen LogP contribution in [0, 0.1) is 6.92 Å². The molecule has 0 fully saturated rings. The molecule has 28 heavy (non-hydrogen) atoms. The lowest BCUT2D eigenvalue weighted by atomic mass is 10.1. The quantitative estimate of drug-likeness (QED) is 0.484. The van der Waals surface area contributed by atoms with Gasteiger partial charge in [0.25, 0.3) is 5.91 Å². The fourth-order valence-electron chi connectivity index (χ4n) is 2.55. The highest BCUT2D eigenvalue weighted by Gasteiger charge is 2.09. The Morgan fingerprint density at radius 2 is 1.64 bits per heavy atom. The number of hydrazine groups is 1. The van der Waals surface area contributed by atoms with E-state index in [-0.39, 0.29) is 5.91 Å². The van der Waals surface area contributed by atoms with Crippen LogP contribution in [-0.4, -0.2) is 38.9 Å². The van der Waals surface area contributed by atoms with Crippen LogP contribution in [0.4, 0.5) is 0 Å². The van der Waals surface area contributed by atoms with E-state index in [1.807, 2.05) is 31.2 Å². The van der Waals surface area contributed by atoms with Crippen molar-refractivity contribution in [2.45, 2.75) is 13.3 Å². The molecular weight excluding hydrogens is 378 g/mol. The maximum absolute atomic E-state index is 12.2. The second kappa shape index (κ2) is 10.4. The standard InChI is InChI=1S/C20H25N3O4S/c1-13-5-7-15(12-17(13)26-3)19(24)22-23-20(28)21-10-9-14-6-8-16(25-2)18(11-14)27-4/h5-8,11-12H,9-10H2,1-4H3,(H,22,24)(H2,21,23,28). The highest BCUT2D eigenvalue weighted by molar-refractivity contribution is 7.80. The fraction of sp³-hybridized carbons (Fsp3) is 0.300. The summed E-state index contributed by atoms with van der Waals surface area (Å²) in [6.07, 6.45) is 0.727. The second-order valence-electron chi connectivity index (χ2n) is 5.96. The van der Waals surface area contributed by atoms with Gasteiger partial charge in [0, 0.05) is 12.1 Å². The van der Waals surface area contributed by atoms with E-state index >= 15 is 0 Å². The summed E-state index contributed by atoms with van der Waals surface area (Å²) >= 11 is 5.19. The summed E-state index contributed by atoms with van der Waals surface area (Å²) in [5.41, 5.74) is 7.77. The fourth-order valence-corrected chi connectivity index (χ4v) is 2.70. The molecule has 0 aliphatic rings. The van der Waals surface area contributed by atoms with Gasteiger partial charge < -0.3 is 19.5 Å². The number of amides is 1. The third-order valence-corrected chi connectivity index (χ3v) is 4.35. The first-order chi connectivity index (χ1) is 13.5. The molecule has 0 aliphatic carbocycles. The van der Waals surface area contributed by atoms with Gasteiger partial charge in [0.1, 0.15) is 5.75 Å².